The number of para-hydroxylation sites is 2. The van der Waals surface area contributed by atoms with Gasteiger partial charge in [-0.25, -0.2) is 18.7 Å². The van der Waals surface area contributed by atoms with Crippen LogP contribution in [-0.2, 0) is 4.74 Å². The summed E-state index contributed by atoms with van der Waals surface area (Å²) in [5.41, 5.74) is 1.56. The Morgan fingerprint density at radius 3 is 2.51 bits per heavy atom. The number of nitrogens with one attached hydrogen (secondary N) is 2. The van der Waals surface area contributed by atoms with Crippen LogP contribution in [0.25, 0.3) is 17.0 Å². The Hall–Kier alpha value is -3.97. The average molecular weight is 511 g/mol. The number of nitrogens with zero attached hydrogens (tertiary/aromatic N) is 8. The molecule has 2 N–H and O–H groups in total. The van der Waals surface area contributed by atoms with Gasteiger partial charge in [0.05, 0.1) is 36.1 Å². The largest absolute Gasteiger partial charge is 0.378 e. The Bertz CT molecular complexity index is 1340. The molecule has 0 amide bonds. The molecule has 11 nitrogen and oxygen atoms in total. The first-order valence-corrected chi connectivity index (χ1v) is 11.9. The zero-order valence-corrected chi connectivity index (χ0v) is 20.6. The van der Waals surface area contributed by atoms with Crippen molar-refractivity contribution in [3.05, 3.63) is 48.4 Å². The van der Waals surface area contributed by atoms with E-state index < -0.39 is 12.2 Å². The number of rotatable bonds is 9. The van der Waals surface area contributed by atoms with Crippen LogP contribution >= 0.6 is 0 Å². The molecule has 0 bridgehead atoms. The second kappa shape index (κ2) is 11.0. The van der Waals surface area contributed by atoms with E-state index in [2.05, 4.69) is 40.5 Å². The quantitative estimate of drug-likeness (QED) is 0.349. The SMILES string of the molecule is CN(C)CCNc1ccc(Nc2nc(N3CCOCC3)nc(-n3c(C(F)F)nc4ccccc43)n2)cn1. The van der Waals surface area contributed by atoms with E-state index >= 15 is 0 Å². The Labute approximate surface area is 212 Å². The molecule has 0 saturated carbocycles. The molecule has 0 radical (unpaired) electrons. The highest BCUT2D eigenvalue weighted by molar-refractivity contribution is 5.77. The Kier molecular flexibility index (Phi) is 7.32. The van der Waals surface area contributed by atoms with Gasteiger partial charge in [0.15, 0.2) is 5.82 Å². The third-order valence-electron chi connectivity index (χ3n) is 5.77. The maximum Gasteiger partial charge on any atom is 0.296 e. The standard InChI is InChI=1S/C24H28F2N10O/c1-34(2)10-9-27-19-8-7-16(15-28-19)29-22-31-23(35-11-13-37-14-12-35)33-24(32-22)36-18-6-4-3-5-17(18)30-21(36)20(25)26/h3-8,15,20H,9-14H2,1-2H3,(H,27,28)(H,29,31,32,33). The second-order valence-electron chi connectivity index (χ2n) is 8.74. The molecule has 1 aliphatic heterocycles. The van der Waals surface area contributed by atoms with Crippen LogP contribution in [0, 0.1) is 0 Å². The molecule has 194 valence electrons. The third-order valence-corrected chi connectivity index (χ3v) is 5.77. The summed E-state index contributed by atoms with van der Waals surface area (Å²) in [5, 5.41) is 6.40. The van der Waals surface area contributed by atoms with E-state index in [0.717, 1.165) is 18.9 Å². The summed E-state index contributed by atoms with van der Waals surface area (Å²) in [6.45, 7) is 3.83. The van der Waals surface area contributed by atoms with Crippen molar-refractivity contribution in [2.75, 3.05) is 69.0 Å². The van der Waals surface area contributed by atoms with Gasteiger partial charge in [-0.05, 0) is 38.4 Å². The number of benzene rings is 1. The number of morpholine rings is 1. The van der Waals surface area contributed by atoms with Crippen molar-refractivity contribution in [3.63, 3.8) is 0 Å². The molecule has 0 atom stereocenters. The number of alkyl halides is 2. The summed E-state index contributed by atoms with van der Waals surface area (Å²) in [6, 6.07) is 10.6. The first kappa shape index (κ1) is 24.7. The van der Waals surface area contributed by atoms with Crippen molar-refractivity contribution in [2.24, 2.45) is 0 Å². The number of likely N-dealkylation sites (N-methyl/N-ethyl adjacent to an activating group) is 1. The lowest BCUT2D eigenvalue weighted by Crippen LogP contribution is -2.37. The number of fused-ring (bicyclic) bond motifs is 1. The summed E-state index contributed by atoms with van der Waals surface area (Å²) >= 11 is 0. The van der Waals surface area contributed by atoms with E-state index in [1.807, 2.05) is 31.1 Å². The minimum Gasteiger partial charge on any atom is -0.378 e. The number of aromatic nitrogens is 6. The van der Waals surface area contributed by atoms with Crippen LogP contribution < -0.4 is 15.5 Å². The molecule has 1 aromatic carbocycles. The van der Waals surface area contributed by atoms with Gasteiger partial charge >= 0.3 is 0 Å². The molecule has 13 heteroatoms. The molecule has 4 heterocycles. The maximum atomic E-state index is 14.0. The number of anilines is 4. The van der Waals surface area contributed by atoms with Crippen LogP contribution in [0.3, 0.4) is 0 Å². The maximum absolute atomic E-state index is 14.0. The summed E-state index contributed by atoms with van der Waals surface area (Å²) < 4.78 is 34.8. The number of pyridine rings is 1. The van der Waals surface area contributed by atoms with Crippen LogP contribution in [0.1, 0.15) is 12.2 Å². The predicted molar refractivity (Wildman–Crippen MR) is 137 cm³/mol. The smallest absolute Gasteiger partial charge is 0.296 e. The predicted octanol–water partition coefficient (Wildman–Crippen LogP) is 3.10. The monoisotopic (exact) mass is 510 g/mol. The van der Waals surface area contributed by atoms with Crippen LogP contribution in [0.4, 0.5) is 32.2 Å². The zero-order chi connectivity index (χ0) is 25.8. The van der Waals surface area contributed by atoms with Crippen molar-refractivity contribution in [1.29, 1.82) is 0 Å². The fourth-order valence-corrected chi connectivity index (χ4v) is 3.92. The van der Waals surface area contributed by atoms with Crippen molar-refractivity contribution in [2.45, 2.75) is 6.43 Å². The zero-order valence-electron chi connectivity index (χ0n) is 20.6. The van der Waals surface area contributed by atoms with E-state index in [-0.39, 0.29) is 11.9 Å². The number of hydrogen-bond donors (Lipinski definition) is 2. The van der Waals surface area contributed by atoms with Gasteiger partial charge in [-0.2, -0.15) is 15.0 Å². The minimum absolute atomic E-state index is 0.0536. The Morgan fingerprint density at radius 2 is 1.78 bits per heavy atom. The first-order chi connectivity index (χ1) is 18.0. The molecular formula is C24H28F2N10O. The number of imidazole rings is 1. The highest BCUT2D eigenvalue weighted by Gasteiger charge is 2.24. The topological polar surface area (TPSA) is 109 Å². The lowest BCUT2D eigenvalue weighted by atomic mass is 10.3. The number of ether oxygens (including phenoxy) is 1. The molecule has 1 saturated heterocycles. The third kappa shape index (κ3) is 5.73. The van der Waals surface area contributed by atoms with Crippen molar-refractivity contribution < 1.29 is 13.5 Å². The van der Waals surface area contributed by atoms with Crippen LogP contribution in [0.2, 0.25) is 0 Å². The van der Waals surface area contributed by atoms with Gasteiger partial charge in [-0.15, -0.1) is 0 Å². The highest BCUT2D eigenvalue weighted by Crippen LogP contribution is 2.28. The molecule has 4 aromatic rings. The molecule has 0 unspecified atom stereocenters. The molecule has 0 spiro atoms. The van der Waals surface area contributed by atoms with Crippen LogP contribution in [0.5, 0.6) is 0 Å². The van der Waals surface area contributed by atoms with Gasteiger partial charge in [-0.1, -0.05) is 12.1 Å². The van der Waals surface area contributed by atoms with Crippen molar-refractivity contribution >= 4 is 34.4 Å². The molecular weight excluding hydrogens is 482 g/mol. The fraction of sp³-hybridized carbons (Fsp3) is 0.375. The van der Waals surface area contributed by atoms with Gasteiger partial charge in [0.2, 0.25) is 17.8 Å². The fourth-order valence-electron chi connectivity index (χ4n) is 3.92. The van der Waals surface area contributed by atoms with E-state index in [0.29, 0.717) is 49.0 Å². The van der Waals surface area contributed by atoms with Crippen molar-refractivity contribution in [1.82, 2.24) is 34.4 Å². The van der Waals surface area contributed by atoms with E-state index in [1.54, 1.807) is 30.5 Å². The summed E-state index contributed by atoms with van der Waals surface area (Å²) in [4.78, 5) is 26.2. The lowest BCUT2D eigenvalue weighted by Gasteiger charge is -2.27. The Morgan fingerprint density at radius 1 is 1.00 bits per heavy atom. The molecule has 0 aliphatic carbocycles. The molecule has 3 aromatic heterocycles. The average Bonchev–Trinajstić information content (AvgIpc) is 3.30. The van der Waals surface area contributed by atoms with E-state index in [4.69, 9.17) is 4.74 Å². The second-order valence-corrected chi connectivity index (χ2v) is 8.74. The van der Waals surface area contributed by atoms with E-state index in [1.165, 1.54) is 4.57 Å². The highest BCUT2D eigenvalue weighted by atomic mass is 19.3. The van der Waals surface area contributed by atoms with E-state index in [9.17, 15) is 8.78 Å². The summed E-state index contributed by atoms with van der Waals surface area (Å²) in [6.07, 6.45) is -1.16. The molecule has 1 aliphatic rings. The summed E-state index contributed by atoms with van der Waals surface area (Å²) in [7, 11) is 4.01. The first-order valence-electron chi connectivity index (χ1n) is 11.9. The lowest BCUT2D eigenvalue weighted by molar-refractivity contribution is 0.122. The molecule has 37 heavy (non-hydrogen) atoms. The van der Waals surface area contributed by atoms with Crippen molar-refractivity contribution in [3.8, 4) is 5.95 Å². The summed E-state index contributed by atoms with van der Waals surface area (Å²) in [5.74, 6) is 0.937. The molecule has 5 rings (SSSR count). The normalized spacial score (nSPS) is 14.1. The van der Waals surface area contributed by atoms with Gasteiger partial charge < -0.3 is 25.2 Å². The Balaban J connectivity index is 1.50. The van der Waals surface area contributed by atoms with Gasteiger partial charge in [0, 0.05) is 26.2 Å². The number of halogens is 2. The van der Waals surface area contributed by atoms with Crippen LogP contribution in [-0.4, -0.2) is 87.9 Å². The minimum atomic E-state index is -2.82. The van der Waals surface area contributed by atoms with Gasteiger partial charge in [0.25, 0.3) is 6.43 Å². The van der Waals surface area contributed by atoms with Gasteiger partial charge in [0.1, 0.15) is 5.82 Å². The van der Waals surface area contributed by atoms with Crippen LogP contribution in [0.15, 0.2) is 42.6 Å². The van der Waals surface area contributed by atoms with Gasteiger partial charge in [-0.3, -0.25) is 4.57 Å². The molecule has 1 fully saturated rings. The number of hydrogen-bond acceptors (Lipinski definition) is 10.